The van der Waals surface area contributed by atoms with Gasteiger partial charge in [0, 0.05) is 0 Å². The number of fused-ring (bicyclic) bond motifs is 1. The number of rotatable bonds is 2. The predicted molar refractivity (Wildman–Crippen MR) is 74.9 cm³/mol. The van der Waals surface area contributed by atoms with Gasteiger partial charge in [-0.25, -0.2) is 0 Å². The number of hydrogen-bond donors (Lipinski definition) is 1. The highest BCUT2D eigenvalue weighted by Crippen LogP contribution is 2.52. The van der Waals surface area contributed by atoms with Gasteiger partial charge in [-0.2, -0.15) is 5.26 Å². The zero-order valence-electron chi connectivity index (χ0n) is 11.5. The summed E-state index contributed by atoms with van der Waals surface area (Å²) < 4.78 is 5.82. The molecule has 1 aromatic rings. The zero-order valence-corrected chi connectivity index (χ0v) is 11.5. The summed E-state index contributed by atoms with van der Waals surface area (Å²) in [7, 11) is 0. The van der Waals surface area contributed by atoms with Crippen LogP contribution in [0, 0.1) is 23.2 Å². The van der Waals surface area contributed by atoms with E-state index in [1.54, 1.807) is 36.4 Å². The largest absolute Gasteiger partial charge is 0.481 e. The summed E-state index contributed by atoms with van der Waals surface area (Å²) >= 11 is 0. The molecular formula is C16H12N2O4. The van der Waals surface area contributed by atoms with Gasteiger partial charge in [0.1, 0.15) is 17.6 Å². The smallest absolute Gasteiger partial charge is 0.310 e. The molecule has 3 aliphatic rings. The molecule has 0 aromatic heterocycles. The van der Waals surface area contributed by atoms with Crippen molar-refractivity contribution in [1.82, 2.24) is 0 Å². The van der Waals surface area contributed by atoms with Crippen LogP contribution >= 0.6 is 0 Å². The minimum Gasteiger partial charge on any atom is -0.481 e. The lowest BCUT2D eigenvalue weighted by Gasteiger charge is -2.22. The molecule has 2 saturated heterocycles. The topological polar surface area (TPSA) is 90.6 Å². The summed E-state index contributed by atoms with van der Waals surface area (Å²) in [5.41, 5.74) is 0.00823. The number of para-hydroxylation sites is 1. The number of amides is 1. The van der Waals surface area contributed by atoms with Crippen molar-refractivity contribution in [1.29, 1.82) is 5.26 Å². The molecule has 1 amide bonds. The minimum atomic E-state index is -1.02. The average molecular weight is 296 g/mol. The molecule has 0 radical (unpaired) electrons. The molecule has 2 bridgehead atoms. The molecule has 110 valence electrons. The molecule has 0 saturated carbocycles. The van der Waals surface area contributed by atoms with Crippen molar-refractivity contribution in [2.45, 2.75) is 11.7 Å². The van der Waals surface area contributed by atoms with Crippen LogP contribution in [0.4, 0.5) is 5.69 Å². The van der Waals surface area contributed by atoms with Crippen LogP contribution in [-0.4, -0.2) is 35.2 Å². The molecule has 3 heterocycles. The van der Waals surface area contributed by atoms with E-state index in [4.69, 9.17) is 4.74 Å². The van der Waals surface area contributed by atoms with Crippen molar-refractivity contribution >= 4 is 17.6 Å². The fourth-order valence-electron chi connectivity index (χ4n) is 3.79. The molecule has 4 atom stereocenters. The van der Waals surface area contributed by atoms with E-state index in [9.17, 15) is 20.0 Å². The standard InChI is InChI=1S/C16H12N2O4/c17-7-9-3-1-2-4-10(9)18-8-16-6-5-11(22-16)12(15(20)21)13(16)14(18)19/h1-6,11-13H,8H2,(H,20,21). The number of carbonyl (C=O) groups excluding carboxylic acids is 1. The molecule has 22 heavy (non-hydrogen) atoms. The van der Waals surface area contributed by atoms with Crippen molar-refractivity contribution < 1.29 is 19.4 Å². The van der Waals surface area contributed by atoms with Gasteiger partial charge in [-0.3, -0.25) is 9.59 Å². The second kappa shape index (κ2) is 4.18. The number of carbonyl (C=O) groups is 2. The Morgan fingerprint density at radius 1 is 1.45 bits per heavy atom. The summed E-state index contributed by atoms with van der Waals surface area (Å²) in [6.45, 7) is 0.242. The molecule has 1 spiro atoms. The van der Waals surface area contributed by atoms with Gasteiger partial charge in [-0.15, -0.1) is 0 Å². The summed E-state index contributed by atoms with van der Waals surface area (Å²) in [6, 6.07) is 8.87. The third-order valence-electron chi connectivity index (χ3n) is 4.70. The Morgan fingerprint density at radius 2 is 2.23 bits per heavy atom. The monoisotopic (exact) mass is 296 g/mol. The van der Waals surface area contributed by atoms with E-state index in [0.717, 1.165) is 0 Å². The number of ether oxygens (including phenoxy) is 1. The van der Waals surface area contributed by atoms with E-state index in [1.165, 1.54) is 4.90 Å². The van der Waals surface area contributed by atoms with Crippen LogP contribution in [0.1, 0.15) is 5.56 Å². The number of nitrogens with zero attached hydrogens (tertiary/aromatic N) is 2. The lowest BCUT2D eigenvalue weighted by Crippen LogP contribution is -2.39. The maximum atomic E-state index is 12.8. The van der Waals surface area contributed by atoms with Gasteiger partial charge in [0.25, 0.3) is 0 Å². The van der Waals surface area contributed by atoms with Crippen LogP contribution in [0.15, 0.2) is 36.4 Å². The van der Waals surface area contributed by atoms with Gasteiger partial charge in [-0.05, 0) is 12.1 Å². The van der Waals surface area contributed by atoms with Crippen LogP contribution in [0.2, 0.25) is 0 Å². The average Bonchev–Trinajstić information content (AvgIpc) is 3.15. The molecule has 1 aromatic carbocycles. The van der Waals surface area contributed by atoms with Crippen LogP contribution < -0.4 is 4.90 Å². The normalized spacial score (nSPS) is 34.8. The second-order valence-electron chi connectivity index (χ2n) is 5.79. The highest BCUT2D eigenvalue weighted by atomic mass is 16.5. The fraction of sp³-hybridized carbons (Fsp3) is 0.312. The fourth-order valence-corrected chi connectivity index (χ4v) is 3.79. The van der Waals surface area contributed by atoms with Gasteiger partial charge in [0.05, 0.1) is 29.8 Å². The zero-order chi connectivity index (χ0) is 15.5. The first-order valence-electron chi connectivity index (χ1n) is 6.98. The van der Waals surface area contributed by atoms with E-state index in [1.807, 2.05) is 0 Å². The first kappa shape index (κ1) is 13.0. The van der Waals surface area contributed by atoms with Crippen molar-refractivity contribution in [3.8, 4) is 6.07 Å². The van der Waals surface area contributed by atoms with Crippen molar-refractivity contribution in [2.75, 3.05) is 11.4 Å². The lowest BCUT2D eigenvalue weighted by atomic mass is 9.77. The van der Waals surface area contributed by atoms with E-state index in [2.05, 4.69) is 6.07 Å². The summed E-state index contributed by atoms with van der Waals surface area (Å²) in [4.78, 5) is 25.8. The Bertz CT molecular complexity index is 766. The Morgan fingerprint density at radius 3 is 2.95 bits per heavy atom. The molecule has 1 N–H and O–H groups in total. The first-order valence-corrected chi connectivity index (χ1v) is 6.98. The van der Waals surface area contributed by atoms with Crippen molar-refractivity contribution in [3.05, 3.63) is 42.0 Å². The molecule has 6 heteroatoms. The second-order valence-corrected chi connectivity index (χ2v) is 5.79. The number of hydrogen-bond acceptors (Lipinski definition) is 4. The molecule has 3 aliphatic heterocycles. The highest BCUT2D eigenvalue weighted by molar-refractivity contribution is 6.03. The number of carboxylic acids is 1. The molecule has 2 fully saturated rings. The number of carboxylic acid groups (broad SMARTS) is 1. The molecule has 6 nitrogen and oxygen atoms in total. The molecular weight excluding hydrogens is 284 g/mol. The summed E-state index contributed by atoms with van der Waals surface area (Å²) in [6.07, 6.45) is 2.98. The first-order chi connectivity index (χ1) is 10.6. The number of nitriles is 1. The maximum absolute atomic E-state index is 12.8. The Hall–Kier alpha value is -2.65. The number of aliphatic carboxylic acids is 1. The SMILES string of the molecule is N#Cc1ccccc1N1CC23C=CC(O2)C(C(=O)O)C3C1=O. The van der Waals surface area contributed by atoms with Crippen LogP contribution in [0.5, 0.6) is 0 Å². The summed E-state index contributed by atoms with van der Waals surface area (Å²) in [5.74, 6) is -2.91. The quantitative estimate of drug-likeness (QED) is 0.820. The number of anilines is 1. The van der Waals surface area contributed by atoms with Crippen LogP contribution in [0.25, 0.3) is 0 Å². The van der Waals surface area contributed by atoms with Crippen molar-refractivity contribution in [3.63, 3.8) is 0 Å². The van der Waals surface area contributed by atoms with E-state index >= 15 is 0 Å². The Labute approximate surface area is 126 Å². The van der Waals surface area contributed by atoms with Gasteiger partial charge < -0.3 is 14.7 Å². The van der Waals surface area contributed by atoms with Gasteiger partial charge in [0.2, 0.25) is 5.91 Å². The van der Waals surface area contributed by atoms with E-state index < -0.39 is 29.5 Å². The third kappa shape index (κ3) is 1.46. The van der Waals surface area contributed by atoms with E-state index in [-0.39, 0.29) is 12.5 Å². The maximum Gasteiger partial charge on any atom is 0.310 e. The van der Waals surface area contributed by atoms with Gasteiger partial charge >= 0.3 is 5.97 Å². The van der Waals surface area contributed by atoms with E-state index in [0.29, 0.717) is 11.3 Å². The number of benzene rings is 1. The van der Waals surface area contributed by atoms with Crippen molar-refractivity contribution in [2.24, 2.45) is 11.8 Å². The molecule has 4 unspecified atom stereocenters. The minimum absolute atomic E-state index is 0.242. The highest BCUT2D eigenvalue weighted by Gasteiger charge is 2.67. The lowest BCUT2D eigenvalue weighted by molar-refractivity contribution is -0.146. The third-order valence-corrected chi connectivity index (χ3v) is 4.70. The molecule has 4 rings (SSSR count). The van der Waals surface area contributed by atoms with Gasteiger partial charge in [0.15, 0.2) is 0 Å². The van der Waals surface area contributed by atoms with Crippen LogP contribution in [0.3, 0.4) is 0 Å². The predicted octanol–water partition coefficient (Wildman–Crippen LogP) is 0.929. The Kier molecular flexibility index (Phi) is 2.48. The van der Waals surface area contributed by atoms with Gasteiger partial charge in [-0.1, -0.05) is 24.3 Å². The summed E-state index contributed by atoms with van der Waals surface area (Å²) in [5, 5.41) is 18.6. The van der Waals surface area contributed by atoms with Crippen LogP contribution in [-0.2, 0) is 14.3 Å². The Balaban J connectivity index is 1.79. The molecule has 0 aliphatic carbocycles.